The molecule has 0 spiro atoms. The van der Waals surface area contributed by atoms with Crippen molar-refractivity contribution in [1.82, 2.24) is 5.32 Å². The molecule has 3 nitrogen and oxygen atoms in total. The topological polar surface area (TPSA) is 38.3 Å². The van der Waals surface area contributed by atoms with Gasteiger partial charge in [-0.25, -0.2) is 4.79 Å². The van der Waals surface area contributed by atoms with Gasteiger partial charge in [0, 0.05) is 6.04 Å². The van der Waals surface area contributed by atoms with E-state index < -0.39 is 0 Å². The number of benzene rings is 1. The summed E-state index contributed by atoms with van der Waals surface area (Å²) >= 11 is 0. The molecule has 102 valence electrons. The molecular weight excluding hydrogens is 238 g/mol. The molecule has 1 aromatic carbocycles. The number of amides is 1. The van der Waals surface area contributed by atoms with E-state index in [0.717, 1.165) is 24.8 Å². The van der Waals surface area contributed by atoms with Gasteiger partial charge in [0.05, 0.1) is 0 Å². The molecule has 1 aliphatic carbocycles. The third-order valence-electron chi connectivity index (χ3n) is 3.64. The number of ether oxygens (including phenoxy) is 1. The molecule has 1 amide bonds. The Morgan fingerprint density at radius 2 is 2.05 bits per heavy atom. The summed E-state index contributed by atoms with van der Waals surface area (Å²) in [6.07, 6.45) is 6.11. The molecule has 1 aliphatic rings. The molecule has 0 aliphatic heterocycles. The second-order valence-corrected chi connectivity index (χ2v) is 5.00. The van der Waals surface area contributed by atoms with Gasteiger partial charge >= 0.3 is 6.09 Å². The smallest absolute Gasteiger partial charge is 0.407 e. The van der Waals surface area contributed by atoms with Gasteiger partial charge in [0.2, 0.25) is 0 Å². The number of alkyl carbamates (subject to hydrolysis) is 1. The van der Waals surface area contributed by atoms with E-state index in [4.69, 9.17) is 4.74 Å². The average molecular weight is 259 g/mol. The largest absolute Gasteiger partial charge is 0.445 e. The van der Waals surface area contributed by atoms with Crippen molar-refractivity contribution < 1.29 is 9.53 Å². The standard InChI is InChI=1S/C16H21NO2/c1-2-14-10-6-7-11-15(14)17-16(18)19-12-13-8-4-3-5-9-13/h2-5,8-9,14-15H,1,6-7,10-12H2,(H,17,18)/t14-,15-/m0/s1. The van der Waals surface area contributed by atoms with E-state index >= 15 is 0 Å². The monoisotopic (exact) mass is 259 g/mol. The molecule has 1 saturated carbocycles. The summed E-state index contributed by atoms with van der Waals surface area (Å²) in [5.74, 6) is 0.373. The fourth-order valence-corrected chi connectivity index (χ4v) is 2.54. The molecule has 0 saturated heterocycles. The van der Waals surface area contributed by atoms with Gasteiger partial charge in [0.15, 0.2) is 0 Å². The van der Waals surface area contributed by atoms with Gasteiger partial charge in [0.1, 0.15) is 6.61 Å². The molecule has 2 rings (SSSR count). The van der Waals surface area contributed by atoms with Crippen LogP contribution < -0.4 is 5.32 Å². The summed E-state index contributed by atoms with van der Waals surface area (Å²) in [6.45, 7) is 4.16. The zero-order chi connectivity index (χ0) is 13.5. The molecule has 0 bridgehead atoms. The normalized spacial score (nSPS) is 22.5. The van der Waals surface area contributed by atoms with Crippen molar-refractivity contribution in [3.63, 3.8) is 0 Å². The number of hydrogen-bond acceptors (Lipinski definition) is 2. The Hall–Kier alpha value is -1.77. The van der Waals surface area contributed by atoms with Crippen LogP contribution >= 0.6 is 0 Å². The highest BCUT2D eigenvalue weighted by Crippen LogP contribution is 2.25. The van der Waals surface area contributed by atoms with E-state index in [0.29, 0.717) is 12.5 Å². The predicted molar refractivity (Wildman–Crippen MR) is 75.7 cm³/mol. The molecule has 0 radical (unpaired) electrons. The molecule has 2 atom stereocenters. The minimum Gasteiger partial charge on any atom is -0.445 e. The van der Waals surface area contributed by atoms with Crippen molar-refractivity contribution in [3.8, 4) is 0 Å². The number of nitrogens with one attached hydrogen (secondary N) is 1. The molecule has 19 heavy (non-hydrogen) atoms. The van der Waals surface area contributed by atoms with E-state index in [9.17, 15) is 4.79 Å². The van der Waals surface area contributed by atoms with E-state index in [1.165, 1.54) is 6.42 Å². The molecule has 0 aromatic heterocycles. The molecule has 3 heteroatoms. The Balaban J connectivity index is 1.79. The highest BCUT2D eigenvalue weighted by Gasteiger charge is 2.24. The summed E-state index contributed by atoms with van der Waals surface area (Å²) in [7, 11) is 0. The zero-order valence-electron chi connectivity index (χ0n) is 11.2. The Labute approximate surface area is 114 Å². The number of rotatable bonds is 4. The first-order valence-electron chi connectivity index (χ1n) is 6.89. The first-order valence-corrected chi connectivity index (χ1v) is 6.89. The van der Waals surface area contributed by atoms with Crippen LogP contribution in [0.3, 0.4) is 0 Å². The summed E-state index contributed by atoms with van der Waals surface area (Å²) in [6, 6.07) is 9.88. The van der Waals surface area contributed by atoms with Crippen LogP contribution in [0.2, 0.25) is 0 Å². The lowest BCUT2D eigenvalue weighted by atomic mass is 9.85. The molecule has 0 heterocycles. The van der Waals surface area contributed by atoms with Crippen molar-refractivity contribution in [1.29, 1.82) is 0 Å². The maximum atomic E-state index is 11.8. The van der Waals surface area contributed by atoms with Gasteiger partial charge in [-0.1, -0.05) is 49.2 Å². The van der Waals surface area contributed by atoms with Crippen LogP contribution in [0, 0.1) is 5.92 Å². The van der Waals surface area contributed by atoms with E-state index in [1.54, 1.807) is 0 Å². The lowest BCUT2D eigenvalue weighted by molar-refractivity contribution is 0.129. The van der Waals surface area contributed by atoms with E-state index in [2.05, 4.69) is 11.9 Å². The molecule has 0 unspecified atom stereocenters. The molecule has 1 fully saturated rings. The summed E-state index contributed by atoms with van der Waals surface area (Å²) in [5.41, 5.74) is 1.00. The van der Waals surface area contributed by atoms with Crippen molar-refractivity contribution in [2.45, 2.75) is 38.3 Å². The van der Waals surface area contributed by atoms with E-state index in [-0.39, 0.29) is 12.1 Å². The van der Waals surface area contributed by atoms with Gasteiger partial charge < -0.3 is 10.1 Å². The maximum absolute atomic E-state index is 11.8. The minimum atomic E-state index is -0.331. The summed E-state index contributed by atoms with van der Waals surface area (Å²) in [5, 5.41) is 2.96. The quantitative estimate of drug-likeness (QED) is 0.838. The summed E-state index contributed by atoms with van der Waals surface area (Å²) in [4.78, 5) is 11.8. The van der Waals surface area contributed by atoms with Gasteiger partial charge in [0.25, 0.3) is 0 Å². The first kappa shape index (κ1) is 13.7. The molecule has 1 N–H and O–H groups in total. The van der Waals surface area contributed by atoms with Gasteiger partial charge in [-0.3, -0.25) is 0 Å². The fraction of sp³-hybridized carbons (Fsp3) is 0.438. The van der Waals surface area contributed by atoms with Crippen molar-refractivity contribution in [2.24, 2.45) is 5.92 Å². The fourth-order valence-electron chi connectivity index (χ4n) is 2.54. The van der Waals surface area contributed by atoms with Crippen molar-refractivity contribution in [3.05, 3.63) is 48.6 Å². The minimum absolute atomic E-state index is 0.175. The van der Waals surface area contributed by atoms with E-state index in [1.807, 2.05) is 36.4 Å². The third-order valence-corrected chi connectivity index (χ3v) is 3.64. The van der Waals surface area contributed by atoms with Gasteiger partial charge in [-0.15, -0.1) is 6.58 Å². The Morgan fingerprint density at radius 1 is 1.32 bits per heavy atom. The maximum Gasteiger partial charge on any atom is 0.407 e. The molecule has 1 aromatic rings. The third kappa shape index (κ3) is 4.12. The van der Waals surface area contributed by atoms with Crippen LogP contribution in [0.1, 0.15) is 31.2 Å². The molecular formula is C16H21NO2. The van der Waals surface area contributed by atoms with Crippen LogP contribution in [0.4, 0.5) is 4.79 Å². The Morgan fingerprint density at radius 3 is 2.79 bits per heavy atom. The predicted octanol–water partition coefficient (Wildman–Crippen LogP) is 3.66. The Bertz CT molecular complexity index is 416. The highest BCUT2D eigenvalue weighted by atomic mass is 16.5. The van der Waals surface area contributed by atoms with Crippen LogP contribution in [0.25, 0.3) is 0 Å². The summed E-state index contributed by atoms with van der Waals surface area (Å²) < 4.78 is 5.24. The van der Waals surface area contributed by atoms with Gasteiger partial charge in [-0.2, -0.15) is 0 Å². The lowest BCUT2D eigenvalue weighted by Crippen LogP contribution is -2.41. The Kier molecular flexibility index (Phi) is 5.01. The van der Waals surface area contributed by atoms with Crippen molar-refractivity contribution in [2.75, 3.05) is 0 Å². The first-order chi connectivity index (χ1) is 9.29. The highest BCUT2D eigenvalue weighted by molar-refractivity contribution is 5.67. The van der Waals surface area contributed by atoms with Crippen LogP contribution in [0.15, 0.2) is 43.0 Å². The van der Waals surface area contributed by atoms with Crippen LogP contribution in [-0.4, -0.2) is 12.1 Å². The second kappa shape index (κ2) is 6.98. The second-order valence-electron chi connectivity index (χ2n) is 5.00. The average Bonchev–Trinajstić information content (AvgIpc) is 2.47. The van der Waals surface area contributed by atoms with Crippen LogP contribution in [0.5, 0.6) is 0 Å². The lowest BCUT2D eigenvalue weighted by Gasteiger charge is -2.29. The zero-order valence-corrected chi connectivity index (χ0v) is 11.2. The SMILES string of the molecule is C=C[C@H]1CCCC[C@@H]1NC(=O)OCc1ccccc1. The van der Waals surface area contributed by atoms with Gasteiger partial charge in [-0.05, 0) is 24.3 Å². The number of carbonyl (C=O) groups is 1. The van der Waals surface area contributed by atoms with Crippen molar-refractivity contribution >= 4 is 6.09 Å². The number of carbonyl (C=O) groups excluding carboxylic acids is 1. The van der Waals surface area contributed by atoms with Crippen LogP contribution in [-0.2, 0) is 11.3 Å². The number of hydrogen-bond donors (Lipinski definition) is 1.